The second kappa shape index (κ2) is 7.01. The molecule has 0 atom stereocenters. The first-order valence-corrected chi connectivity index (χ1v) is 6.37. The number of rotatable bonds is 6. The maximum Gasteiger partial charge on any atom is 0.234 e. The second-order valence-corrected chi connectivity index (χ2v) is 4.77. The first kappa shape index (κ1) is 14.5. The van der Waals surface area contributed by atoms with Crippen molar-refractivity contribution in [2.75, 3.05) is 18.8 Å². The summed E-state index contributed by atoms with van der Waals surface area (Å²) in [7, 11) is 0. The number of carbonyl (C=O) groups is 1. The van der Waals surface area contributed by atoms with Crippen LogP contribution in [0.3, 0.4) is 0 Å². The minimum absolute atomic E-state index is 0.0655. The Labute approximate surface area is 109 Å². The average molecular weight is 249 g/mol. The lowest BCUT2D eigenvalue weighted by Gasteiger charge is -2.20. The van der Waals surface area contributed by atoms with Gasteiger partial charge < -0.3 is 11.1 Å². The van der Waals surface area contributed by atoms with E-state index in [1.807, 2.05) is 38.1 Å². The molecule has 0 radical (unpaired) electrons. The van der Waals surface area contributed by atoms with Crippen LogP contribution in [0.2, 0.25) is 0 Å². The van der Waals surface area contributed by atoms with Crippen LogP contribution in [0.25, 0.3) is 0 Å². The van der Waals surface area contributed by atoms with Crippen molar-refractivity contribution in [3.05, 3.63) is 29.8 Å². The molecule has 0 bridgehead atoms. The maximum atomic E-state index is 11.7. The summed E-state index contributed by atoms with van der Waals surface area (Å²) >= 11 is 0. The van der Waals surface area contributed by atoms with Gasteiger partial charge in [-0.15, -0.1) is 0 Å². The van der Waals surface area contributed by atoms with Crippen LogP contribution in [0.15, 0.2) is 24.3 Å². The minimum Gasteiger partial charge on any atom is -0.399 e. The molecule has 3 N–H and O–H groups in total. The van der Waals surface area contributed by atoms with Crippen molar-refractivity contribution < 1.29 is 4.79 Å². The summed E-state index contributed by atoms with van der Waals surface area (Å²) in [5.41, 5.74) is 7.64. The quantitative estimate of drug-likeness (QED) is 0.753. The molecule has 0 aromatic heterocycles. The van der Waals surface area contributed by atoms with Gasteiger partial charge in [0.2, 0.25) is 5.91 Å². The second-order valence-electron chi connectivity index (χ2n) is 4.77. The van der Waals surface area contributed by atoms with Gasteiger partial charge in [-0.25, -0.2) is 0 Å². The fourth-order valence-electron chi connectivity index (χ4n) is 1.80. The smallest absolute Gasteiger partial charge is 0.234 e. The SMILES string of the molecule is CCN(CC(=O)NC(C)C)Cc1cccc(N)c1. The zero-order chi connectivity index (χ0) is 13.5. The summed E-state index contributed by atoms with van der Waals surface area (Å²) in [6, 6.07) is 7.96. The fraction of sp³-hybridized carbons (Fsp3) is 0.500. The summed E-state index contributed by atoms with van der Waals surface area (Å²) in [4.78, 5) is 13.8. The molecule has 1 amide bonds. The van der Waals surface area contributed by atoms with Gasteiger partial charge in [0.15, 0.2) is 0 Å². The van der Waals surface area contributed by atoms with Crippen LogP contribution in [0.5, 0.6) is 0 Å². The van der Waals surface area contributed by atoms with E-state index in [1.54, 1.807) is 0 Å². The molecule has 0 aliphatic rings. The van der Waals surface area contributed by atoms with Crippen molar-refractivity contribution in [2.24, 2.45) is 0 Å². The minimum atomic E-state index is 0.0655. The number of nitrogens with two attached hydrogens (primary N) is 1. The Morgan fingerprint density at radius 1 is 1.44 bits per heavy atom. The van der Waals surface area contributed by atoms with E-state index in [9.17, 15) is 4.79 Å². The molecular formula is C14H23N3O. The number of amides is 1. The molecule has 0 saturated heterocycles. The van der Waals surface area contributed by atoms with Crippen LogP contribution in [0.1, 0.15) is 26.3 Å². The molecule has 0 aliphatic heterocycles. The monoisotopic (exact) mass is 249 g/mol. The van der Waals surface area contributed by atoms with Crippen LogP contribution in [-0.2, 0) is 11.3 Å². The number of nitrogens with zero attached hydrogens (tertiary/aromatic N) is 1. The van der Waals surface area contributed by atoms with Crippen LogP contribution in [-0.4, -0.2) is 29.9 Å². The lowest BCUT2D eigenvalue weighted by Crippen LogP contribution is -2.39. The highest BCUT2D eigenvalue weighted by molar-refractivity contribution is 5.78. The van der Waals surface area contributed by atoms with Crippen LogP contribution in [0, 0.1) is 0 Å². The topological polar surface area (TPSA) is 58.4 Å². The predicted octanol–water partition coefficient (Wildman–Crippen LogP) is 1.62. The van der Waals surface area contributed by atoms with Crippen molar-refractivity contribution in [1.82, 2.24) is 10.2 Å². The summed E-state index contributed by atoms with van der Waals surface area (Å²) in [6.45, 7) is 7.98. The van der Waals surface area contributed by atoms with Crippen LogP contribution >= 0.6 is 0 Å². The molecule has 100 valence electrons. The van der Waals surface area contributed by atoms with E-state index in [1.165, 1.54) is 0 Å². The van der Waals surface area contributed by atoms with Gasteiger partial charge in [-0.05, 0) is 38.1 Å². The number of nitrogen functional groups attached to an aromatic ring is 1. The number of hydrogen-bond acceptors (Lipinski definition) is 3. The molecule has 1 aromatic carbocycles. The van der Waals surface area contributed by atoms with Crippen molar-refractivity contribution in [2.45, 2.75) is 33.4 Å². The normalized spacial score (nSPS) is 10.9. The zero-order valence-electron chi connectivity index (χ0n) is 11.4. The van der Waals surface area contributed by atoms with Crippen LogP contribution < -0.4 is 11.1 Å². The highest BCUT2D eigenvalue weighted by atomic mass is 16.2. The van der Waals surface area contributed by atoms with Gasteiger partial charge in [0, 0.05) is 18.3 Å². The van der Waals surface area contributed by atoms with E-state index in [0.717, 1.165) is 24.3 Å². The van der Waals surface area contributed by atoms with E-state index < -0.39 is 0 Å². The highest BCUT2D eigenvalue weighted by Crippen LogP contribution is 2.09. The van der Waals surface area contributed by atoms with Crippen molar-refractivity contribution in [3.63, 3.8) is 0 Å². The van der Waals surface area contributed by atoms with E-state index >= 15 is 0 Å². The largest absolute Gasteiger partial charge is 0.399 e. The van der Waals surface area contributed by atoms with Gasteiger partial charge in [-0.1, -0.05) is 19.1 Å². The van der Waals surface area contributed by atoms with Gasteiger partial charge >= 0.3 is 0 Å². The Morgan fingerprint density at radius 2 is 2.17 bits per heavy atom. The maximum absolute atomic E-state index is 11.7. The molecule has 0 spiro atoms. The van der Waals surface area contributed by atoms with Gasteiger partial charge in [0.25, 0.3) is 0 Å². The summed E-state index contributed by atoms with van der Waals surface area (Å²) in [6.07, 6.45) is 0. The predicted molar refractivity (Wildman–Crippen MR) is 75.1 cm³/mol. The summed E-state index contributed by atoms with van der Waals surface area (Å²) < 4.78 is 0. The molecule has 18 heavy (non-hydrogen) atoms. The molecular weight excluding hydrogens is 226 g/mol. The first-order valence-electron chi connectivity index (χ1n) is 6.37. The van der Waals surface area contributed by atoms with E-state index in [4.69, 9.17) is 5.73 Å². The Kier molecular flexibility index (Phi) is 5.65. The Balaban J connectivity index is 2.54. The zero-order valence-corrected chi connectivity index (χ0v) is 11.4. The molecule has 0 heterocycles. The summed E-state index contributed by atoms with van der Waals surface area (Å²) in [5, 5.41) is 2.90. The Bertz CT molecular complexity index is 390. The molecule has 0 fully saturated rings. The average Bonchev–Trinajstić information content (AvgIpc) is 2.27. The molecule has 1 rings (SSSR count). The molecule has 0 saturated carbocycles. The lowest BCUT2D eigenvalue weighted by molar-refractivity contribution is -0.122. The Morgan fingerprint density at radius 3 is 2.72 bits per heavy atom. The molecule has 1 aromatic rings. The number of carbonyl (C=O) groups excluding carboxylic acids is 1. The van der Waals surface area contributed by atoms with Gasteiger partial charge in [0.05, 0.1) is 6.54 Å². The third-order valence-corrected chi connectivity index (χ3v) is 2.62. The third-order valence-electron chi connectivity index (χ3n) is 2.62. The third kappa shape index (κ3) is 5.19. The molecule has 4 nitrogen and oxygen atoms in total. The van der Waals surface area contributed by atoms with Crippen molar-refractivity contribution >= 4 is 11.6 Å². The van der Waals surface area contributed by atoms with E-state index in [0.29, 0.717) is 6.54 Å². The number of benzene rings is 1. The lowest BCUT2D eigenvalue weighted by atomic mass is 10.2. The van der Waals surface area contributed by atoms with Crippen LogP contribution in [0.4, 0.5) is 5.69 Å². The summed E-state index contributed by atoms with van der Waals surface area (Å²) in [5.74, 6) is 0.0655. The van der Waals surface area contributed by atoms with Gasteiger partial charge in [-0.3, -0.25) is 9.69 Å². The Hall–Kier alpha value is -1.55. The highest BCUT2D eigenvalue weighted by Gasteiger charge is 2.10. The van der Waals surface area contributed by atoms with E-state index in [2.05, 4.69) is 17.1 Å². The fourth-order valence-corrected chi connectivity index (χ4v) is 1.80. The van der Waals surface area contributed by atoms with E-state index in [-0.39, 0.29) is 11.9 Å². The van der Waals surface area contributed by atoms with Crippen molar-refractivity contribution in [1.29, 1.82) is 0 Å². The molecule has 4 heteroatoms. The van der Waals surface area contributed by atoms with Gasteiger partial charge in [0.1, 0.15) is 0 Å². The number of likely N-dealkylation sites (N-methyl/N-ethyl adjacent to an activating group) is 1. The molecule has 0 unspecified atom stereocenters. The molecule has 0 aliphatic carbocycles. The van der Waals surface area contributed by atoms with Gasteiger partial charge in [-0.2, -0.15) is 0 Å². The standard InChI is InChI=1S/C14H23N3O/c1-4-17(10-14(18)16-11(2)3)9-12-6-5-7-13(15)8-12/h5-8,11H,4,9-10,15H2,1-3H3,(H,16,18). The number of nitrogens with one attached hydrogen (secondary N) is 1. The number of anilines is 1. The first-order chi connectivity index (χ1) is 8.51. The van der Waals surface area contributed by atoms with Crippen molar-refractivity contribution in [3.8, 4) is 0 Å². The number of hydrogen-bond donors (Lipinski definition) is 2.